The van der Waals surface area contributed by atoms with E-state index >= 15 is 0 Å². The van der Waals surface area contributed by atoms with Crippen LogP contribution in [-0.2, 0) is 21.4 Å². The summed E-state index contributed by atoms with van der Waals surface area (Å²) in [6.45, 7) is 2.32. The number of benzene rings is 1. The molecule has 2 aromatic rings. The molecule has 2 bridgehead atoms. The summed E-state index contributed by atoms with van der Waals surface area (Å²) in [7, 11) is 2.17. The highest BCUT2D eigenvalue weighted by atomic mass is 16.6. The minimum absolute atomic E-state index is 0.237. The number of piperidine rings is 1. The molecule has 2 aliphatic carbocycles. The van der Waals surface area contributed by atoms with Crippen molar-refractivity contribution in [3.05, 3.63) is 65.5 Å². The van der Waals surface area contributed by atoms with Crippen molar-refractivity contribution in [2.24, 2.45) is 5.92 Å². The number of carbonyl (C=O) groups excluding carboxylic acids is 2. The first-order chi connectivity index (χ1) is 15.5. The summed E-state index contributed by atoms with van der Waals surface area (Å²) in [6.07, 6.45) is 8.16. The number of hydrogen-bond donors (Lipinski definition) is 0. The van der Waals surface area contributed by atoms with Crippen molar-refractivity contribution in [1.82, 2.24) is 9.88 Å². The second-order valence-electron chi connectivity index (χ2n) is 9.12. The number of carbonyl (C=O) groups is 2. The molecule has 0 amide bonds. The van der Waals surface area contributed by atoms with Gasteiger partial charge in [0.05, 0.1) is 5.56 Å². The standard InChI is InChI=1S/C25H24N2O5/c1-14(28)30-19-7-5-15-12-18-17-6-8-20(31-24(29)16-4-3-10-26-13-16)23-25(17,9-11-27(18)2)21(15)22(19)32-23/h3-8,10,13,17-18,20,23H,9,11-12H2,1-2H3/t17-,18+,20+,23-,25-/m0/s1. The molecule has 0 saturated carbocycles. The second-order valence-corrected chi connectivity index (χ2v) is 9.12. The Kier molecular flexibility index (Phi) is 4.21. The number of pyridine rings is 1. The van der Waals surface area contributed by atoms with Gasteiger partial charge in [-0.3, -0.25) is 9.78 Å². The van der Waals surface area contributed by atoms with Gasteiger partial charge in [0.1, 0.15) is 6.10 Å². The van der Waals surface area contributed by atoms with Gasteiger partial charge in [-0.15, -0.1) is 0 Å². The van der Waals surface area contributed by atoms with Crippen molar-refractivity contribution in [2.75, 3.05) is 13.6 Å². The van der Waals surface area contributed by atoms with Gasteiger partial charge >= 0.3 is 11.9 Å². The molecule has 164 valence electrons. The Balaban J connectivity index is 1.45. The SMILES string of the molecule is CC(=O)Oc1ccc2c3c1O[C@H]1[C@H](OC(=O)c4cccnc4)C=C[C@H]4[C@@H](C2)N(C)CC[C@@]341. The highest BCUT2D eigenvalue weighted by molar-refractivity contribution is 5.89. The first-order valence-corrected chi connectivity index (χ1v) is 11.0. The van der Waals surface area contributed by atoms with Crippen LogP contribution in [0.25, 0.3) is 0 Å². The molecule has 1 aromatic heterocycles. The van der Waals surface area contributed by atoms with E-state index in [1.54, 1.807) is 18.3 Å². The first kappa shape index (κ1) is 19.5. The molecule has 1 saturated heterocycles. The summed E-state index contributed by atoms with van der Waals surface area (Å²) in [5.74, 6) is 0.489. The van der Waals surface area contributed by atoms with Crippen molar-refractivity contribution in [3.8, 4) is 11.5 Å². The molecule has 0 N–H and O–H groups in total. The maximum absolute atomic E-state index is 12.8. The maximum atomic E-state index is 12.8. The normalized spacial score (nSPS) is 31.4. The molecule has 6 rings (SSSR count). The van der Waals surface area contributed by atoms with Crippen molar-refractivity contribution >= 4 is 11.9 Å². The third-order valence-electron chi connectivity index (χ3n) is 7.51. The van der Waals surface area contributed by atoms with Crippen LogP contribution in [-0.4, -0.2) is 53.7 Å². The number of likely N-dealkylation sites (N-methyl/N-ethyl adjacent to an activating group) is 1. The van der Waals surface area contributed by atoms with Crippen LogP contribution in [0.4, 0.5) is 0 Å². The van der Waals surface area contributed by atoms with Crippen LogP contribution >= 0.6 is 0 Å². The zero-order chi connectivity index (χ0) is 22.0. The molecule has 1 fully saturated rings. The van der Waals surface area contributed by atoms with E-state index in [1.807, 2.05) is 12.1 Å². The number of rotatable bonds is 3. The van der Waals surface area contributed by atoms with E-state index in [9.17, 15) is 9.59 Å². The van der Waals surface area contributed by atoms with Gasteiger partial charge < -0.3 is 19.1 Å². The fourth-order valence-corrected chi connectivity index (χ4v) is 6.22. The van der Waals surface area contributed by atoms with Crippen LogP contribution in [0.3, 0.4) is 0 Å². The van der Waals surface area contributed by atoms with Crippen molar-refractivity contribution in [3.63, 3.8) is 0 Å². The number of esters is 2. The quantitative estimate of drug-likeness (QED) is 0.419. The van der Waals surface area contributed by atoms with Crippen LogP contribution in [0, 0.1) is 5.92 Å². The zero-order valence-corrected chi connectivity index (χ0v) is 18.0. The average molecular weight is 432 g/mol. The number of nitrogens with zero attached hydrogens (tertiary/aromatic N) is 2. The Bertz CT molecular complexity index is 1150. The van der Waals surface area contributed by atoms with Crippen molar-refractivity contribution < 1.29 is 23.8 Å². The van der Waals surface area contributed by atoms with Gasteiger partial charge in [0.25, 0.3) is 0 Å². The van der Waals surface area contributed by atoms with Gasteiger partial charge in [-0.05, 0) is 56.3 Å². The molecule has 7 heteroatoms. The Morgan fingerprint density at radius 2 is 2.12 bits per heavy atom. The fraction of sp³-hybridized carbons (Fsp3) is 0.400. The average Bonchev–Trinajstić information content (AvgIpc) is 3.14. The lowest BCUT2D eigenvalue weighted by Crippen LogP contribution is -2.65. The largest absolute Gasteiger partial charge is 0.481 e. The Hall–Kier alpha value is -3.19. The van der Waals surface area contributed by atoms with Gasteiger partial charge in [-0.25, -0.2) is 4.79 Å². The van der Waals surface area contributed by atoms with E-state index in [0.29, 0.717) is 23.1 Å². The molecule has 1 aromatic carbocycles. The highest BCUT2D eigenvalue weighted by Crippen LogP contribution is 2.62. The minimum Gasteiger partial charge on any atom is -0.481 e. The summed E-state index contributed by atoms with van der Waals surface area (Å²) in [5.41, 5.74) is 2.44. The van der Waals surface area contributed by atoms with Gasteiger partial charge in [0.2, 0.25) is 0 Å². The lowest BCUT2D eigenvalue weighted by Gasteiger charge is -2.56. The number of ether oxygens (including phenoxy) is 3. The number of aromatic nitrogens is 1. The Morgan fingerprint density at radius 3 is 2.91 bits per heavy atom. The Morgan fingerprint density at radius 1 is 1.25 bits per heavy atom. The summed E-state index contributed by atoms with van der Waals surface area (Å²) in [6, 6.07) is 7.63. The van der Waals surface area contributed by atoms with Gasteiger partial charge in [-0.1, -0.05) is 12.1 Å². The molecule has 0 radical (unpaired) electrons. The molecule has 7 nitrogen and oxygen atoms in total. The molecule has 3 heterocycles. The lowest BCUT2D eigenvalue weighted by atomic mass is 9.53. The van der Waals surface area contributed by atoms with Crippen LogP contribution in [0.15, 0.2) is 48.8 Å². The maximum Gasteiger partial charge on any atom is 0.340 e. The van der Waals surface area contributed by atoms with E-state index in [-0.39, 0.29) is 23.4 Å². The van der Waals surface area contributed by atoms with E-state index in [0.717, 1.165) is 24.9 Å². The summed E-state index contributed by atoms with van der Waals surface area (Å²) in [5, 5.41) is 0. The smallest absolute Gasteiger partial charge is 0.340 e. The number of hydrogen-bond acceptors (Lipinski definition) is 7. The third-order valence-corrected chi connectivity index (χ3v) is 7.51. The third kappa shape index (κ3) is 2.60. The van der Waals surface area contributed by atoms with E-state index in [2.05, 4.69) is 29.1 Å². The van der Waals surface area contributed by atoms with E-state index in [4.69, 9.17) is 14.2 Å². The fourth-order valence-electron chi connectivity index (χ4n) is 6.22. The van der Waals surface area contributed by atoms with Crippen molar-refractivity contribution in [2.45, 2.75) is 43.4 Å². The predicted molar refractivity (Wildman–Crippen MR) is 115 cm³/mol. The van der Waals surface area contributed by atoms with E-state index in [1.165, 1.54) is 18.7 Å². The Labute approximate surface area is 186 Å². The summed E-state index contributed by atoms with van der Waals surface area (Å²) in [4.78, 5) is 31.0. The van der Waals surface area contributed by atoms with Crippen LogP contribution in [0.5, 0.6) is 11.5 Å². The summed E-state index contributed by atoms with van der Waals surface area (Å²) < 4.78 is 18.0. The minimum atomic E-state index is -0.549. The molecule has 32 heavy (non-hydrogen) atoms. The molecular weight excluding hydrogens is 408 g/mol. The first-order valence-electron chi connectivity index (χ1n) is 11.0. The lowest BCUT2D eigenvalue weighted by molar-refractivity contribution is -0.132. The number of likely N-dealkylation sites (tertiary alicyclic amines) is 1. The molecule has 4 aliphatic rings. The summed E-state index contributed by atoms with van der Waals surface area (Å²) >= 11 is 0. The van der Waals surface area contributed by atoms with E-state index < -0.39 is 12.1 Å². The highest BCUT2D eigenvalue weighted by Gasteiger charge is 2.65. The molecular formula is C25H24N2O5. The van der Waals surface area contributed by atoms with Gasteiger partial charge in [-0.2, -0.15) is 0 Å². The zero-order valence-electron chi connectivity index (χ0n) is 18.0. The second kappa shape index (κ2) is 6.90. The molecule has 2 aliphatic heterocycles. The van der Waals surface area contributed by atoms with Crippen LogP contribution in [0.1, 0.15) is 34.8 Å². The topological polar surface area (TPSA) is 78.0 Å². The van der Waals surface area contributed by atoms with Crippen LogP contribution in [0.2, 0.25) is 0 Å². The monoisotopic (exact) mass is 432 g/mol. The van der Waals surface area contributed by atoms with Crippen molar-refractivity contribution in [1.29, 1.82) is 0 Å². The molecule has 0 unspecified atom stereocenters. The van der Waals surface area contributed by atoms with Gasteiger partial charge in [0, 0.05) is 42.3 Å². The predicted octanol–water partition coefficient (Wildman–Crippen LogP) is 2.68. The molecule has 1 spiro atoms. The molecule has 5 atom stereocenters. The van der Waals surface area contributed by atoms with Crippen LogP contribution < -0.4 is 9.47 Å². The van der Waals surface area contributed by atoms with Gasteiger partial charge in [0.15, 0.2) is 17.6 Å².